The van der Waals surface area contributed by atoms with Crippen molar-refractivity contribution >= 4 is 27.9 Å². The summed E-state index contributed by atoms with van der Waals surface area (Å²) in [4.78, 5) is 17.7. The van der Waals surface area contributed by atoms with E-state index in [1.54, 1.807) is 4.31 Å². The van der Waals surface area contributed by atoms with Crippen LogP contribution in [-0.2, 0) is 27.3 Å². The lowest BCUT2D eigenvalue weighted by atomic mass is 9.91. The molecule has 2 fully saturated rings. The van der Waals surface area contributed by atoms with Gasteiger partial charge in [-0.25, -0.2) is 4.21 Å². The zero-order chi connectivity index (χ0) is 26.3. The van der Waals surface area contributed by atoms with Gasteiger partial charge in [-0.3, -0.25) is 14.2 Å². The van der Waals surface area contributed by atoms with Crippen LogP contribution in [0.15, 0.2) is 72.8 Å². The summed E-state index contributed by atoms with van der Waals surface area (Å²) in [6.07, 6.45) is 3.01. The first-order chi connectivity index (χ1) is 18.6. The zero-order valence-electron chi connectivity index (χ0n) is 21.8. The van der Waals surface area contributed by atoms with Crippen LogP contribution in [0.4, 0.5) is 0 Å². The number of nitrogens with zero attached hydrogens (tertiary/aromatic N) is 3. The van der Waals surface area contributed by atoms with Crippen LogP contribution in [0.1, 0.15) is 42.9 Å². The van der Waals surface area contributed by atoms with Crippen molar-refractivity contribution < 1.29 is 18.3 Å². The Morgan fingerprint density at radius 1 is 0.895 bits per heavy atom. The molecule has 3 aromatic rings. The minimum atomic E-state index is -2.10. The summed E-state index contributed by atoms with van der Waals surface area (Å²) in [5, 5.41) is 2.14. The maximum absolute atomic E-state index is 13.4. The number of piperidine rings is 1. The summed E-state index contributed by atoms with van der Waals surface area (Å²) in [5.41, 5.74) is 2.25. The molecule has 0 bridgehead atoms. The summed E-state index contributed by atoms with van der Waals surface area (Å²) in [5.74, 6) is -0.0238. The molecule has 0 spiro atoms. The molecule has 38 heavy (non-hydrogen) atoms. The molecule has 0 aliphatic carbocycles. The Balaban J connectivity index is 1.30. The van der Waals surface area contributed by atoms with E-state index in [1.807, 2.05) is 35.2 Å². The highest BCUT2D eigenvalue weighted by molar-refractivity contribution is 7.76. The number of amides is 1. The minimum absolute atomic E-state index is 0.0238. The van der Waals surface area contributed by atoms with Crippen molar-refractivity contribution in [3.8, 4) is 0 Å². The molecule has 7 nitrogen and oxygen atoms in total. The molecule has 3 atom stereocenters. The molecule has 0 saturated carbocycles. The SMILES string of the molecule is O=C(COC(c1cccc2ccccc12)C1CCCCN1S(=O)O)N1CCCN(Cc2ccccc2)CC1. The standard InChI is InChI=1S/C30H37N3O4S/c34-29(32-18-9-17-31(20-21-32)22-24-10-2-1-3-11-24)23-37-30(28-16-6-7-19-33(28)38(35)36)27-15-8-13-25-12-4-5-14-26(25)27/h1-5,8,10-15,28,30H,6-7,9,16-23H2,(H,35,36). The fourth-order valence-electron chi connectivity index (χ4n) is 5.81. The van der Waals surface area contributed by atoms with E-state index in [2.05, 4.69) is 47.4 Å². The molecule has 2 heterocycles. The predicted octanol–water partition coefficient (Wildman–Crippen LogP) is 4.62. The van der Waals surface area contributed by atoms with E-state index in [9.17, 15) is 13.6 Å². The summed E-state index contributed by atoms with van der Waals surface area (Å²) in [6, 6.07) is 24.4. The van der Waals surface area contributed by atoms with Crippen LogP contribution in [0.25, 0.3) is 10.8 Å². The Kier molecular flexibility index (Phi) is 9.19. The molecule has 0 radical (unpaired) electrons. The van der Waals surface area contributed by atoms with E-state index >= 15 is 0 Å². The van der Waals surface area contributed by atoms with Gasteiger partial charge in [0.2, 0.25) is 17.2 Å². The van der Waals surface area contributed by atoms with Crippen molar-refractivity contribution in [1.82, 2.24) is 14.1 Å². The fourth-order valence-corrected chi connectivity index (χ4v) is 6.54. The van der Waals surface area contributed by atoms with Gasteiger partial charge in [-0.2, -0.15) is 4.31 Å². The van der Waals surface area contributed by atoms with Crippen LogP contribution in [0, 0.1) is 0 Å². The first-order valence-electron chi connectivity index (χ1n) is 13.6. The van der Waals surface area contributed by atoms with Gasteiger partial charge >= 0.3 is 0 Å². The number of rotatable bonds is 8. The molecular weight excluding hydrogens is 498 g/mol. The first-order valence-corrected chi connectivity index (χ1v) is 14.7. The second kappa shape index (κ2) is 13.0. The molecule has 1 N–H and O–H groups in total. The average Bonchev–Trinajstić information content (AvgIpc) is 3.19. The summed E-state index contributed by atoms with van der Waals surface area (Å²) < 4.78 is 30.4. The Bertz CT molecular complexity index is 1240. The van der Waals surface area contributed by atoms with Crippen LogP contribution in [0.2, 0.25) is 0 Å². The third-order valence-electron chi connectivity index (χ3n) is 7.75. The van der Waals surface area contributed by atoms with Crippen molar-refractivity contribution in [1.29, 1.82) is 0 Å². The molecule has 5 rings (SSSR count). The van der Waals surface area contributed by atoms with Crippen molar-refractivity contribution in [2.75, 3.05) is 39.3 Å². The topological polar surface area (TPSA) is 73.3 Å². The number of benzene rings is 3. The van der Waals surface area contributed by atoms with Crippen LogP contribution in [-0.4, -0.2) is 74.1 Å². The smallest absolute Gasteiger partial charge is 0.248 e. The molecular formula is C30H37N3O4S. The Hall–Kier alpha value is -2.62. The maximum Gasteiger partial charge on any atom is 0.248 e. The van der Waals surface area contributed by atoms with E-state index in [4.69, 9.17) is 4.74 Å². The molecule has 202 valence electrons. The van der Waals surface area contributed by atoms with Gasteiger partial charge in [0.05, 0.1) is 6.04 Å². The summed E-state index contributed by atoms with van der Waals surface area (Å²) in [7, 11) is 0. The third-order valence-corrected chi connectivity index (χ3v) is 8.61. The molecule has 2 saturated heterocycles. The van der Waals surface area contributed by atoms with E-state index < -0.39 is 17.4 Å². The van der Waals surface area contributed by atoms with Crippen LogP contribution in [0.5, 0.6) is 0 Å². The van der Waals surface area contributed by atoms with Gasteiger partial charge < -0.3 is 9.64 Å². The highest BCUT2D eigenvalue weighted by Gasteiger charge is 2.36. The molecule has 1 amide bonds. The second-order valence-electron chi connectivity index (χ2n) is 10.2. The predicted molar refractivity (Wildman–Crippen MR) is 151 cm³/mol. The molecule has 8 heteroatoms. The lowest BCUT2D eigenvalue weighted by Gasteiger charge is -2.38. The minimum Gasteiger partial charge on any atom is -0.362 e. The van der Waals surface area contributed by atoms with Crippen molar-refractivity contribution in [3.63, 3.8) is 0 Å². The molecule has 2 aliphatic heterocycles. The van der Waals surface area contributed by atoms with E-state index in [0.717, 1.165) is 61.7 Å². The number of hydrogen-bond acceptors (Lipinski definition) is 4. The lowest BCUT2D eigenvalue weighted by Crippen LogP contribution is -2.45. The zero-order valence-corrected chi connectivity index (χ0v) is 22.6. The number of ether oxygens (including phenoxy) is 1. The number of carbonyl (C=O) groups excluding carboxylic acids is 1. The van der Waals surface area contributed by atoms with Gasteiger partial charge in [0.15, 0.2) is 0 Å². The first kappa shape index (κ1) is 27.0. The Morgan fingerprint density at radius 2 is 1.68 bits per heavy atom. The number of hydrogen-bond donors (Lipinski definition) is 1. The monoisotopic (exact) mass is 535 g/mol. The largest absolute Gasteiger partial charge is 0.362 e. The number of carbonyl (C=O) groups is 1. The van der Waals surface area contributed by atoms with E-state index in [-0.39, 0.29) is 18.6 Å². The van der Waals surface area contributed by atoms with Crippen LogP contribution < -0.4 is 0 Å². The normalized spacial score (nSPS) is 21.2. The quantitative estimate of drug-likeness (QED) is 0.426. The van der Waals surface area contributed by atoms with Crippen LogP contribution >= 0.6 is 0 Å². The van der Waals surface area contributed by atoms with E-state index in [1.165, 1.54) is 5.56 Å². The number of fused-ring (bicyclic) bond motifs is 1. The molecule has 3 aromatic carbocycles. The molecule has 0 aromatic heterocycles. The van der Waals surface area contributed by atoms with Gasteiger partial charge in [0.25, 0.3) is 0 Å². The average molecular weight is 536 g/mol. The van der Waals surface area contributed by atoms with Gasteiger partial charge in [0, 0.05) is 39.3 Å². The van der Waals surface area contributed by atoms with Gasteiger partial charge in [-0.15, -0.1) is 0 Å². The summed E-state index contributed by atoms with van der Waals surface area (Å²) in [6.45, 7) is 4.54. The molecule has 2 aliphatic rings. The third kappa shape index (κ3) is 6.50. The van der Waals surface area contributed by atoms with Crippen molar-refractivity contribution in [2.45, 2.75) is 44.4 Å². The van der Waals surface area contributed by atoms with Gasteiger partial charge in [-0.05, 0) is 41.2 Å². The lowest BCUT2D eigenvalue weighted by molar-refractivity contribution is -0.139. The van der Waals surface area contributed by atoms with E-state index in [0.29, 0.717) is 19.6 Å². The highest BCUT2D eigenvalue weighted by atomic mass is 32.2. The second-order valence-corrected chi connectivity index (χ2v) is 11.2. The van der Waals surface area contributed by atoms with Crippen LogP contribution in [0.3, 0.4) is 0 Å². The molecule has 3 unspecified atom stereocenters. The Morgan fingerprint density at radius 3 is 2.53 bits per heavy atom. The maximum atomic E-state index is 13.4. The van der Waals surface area contributed by atoms with Crippen molar-refractivity contribution in [2.24, 2.45) is 0 Å². The van der Waals surface area contributed by atoms with Gasteiger partial charge in [-0.1, -0.05) is 79.2 Å². The fraction of sp³-hybridized carbons (Fsp3) is 0.433. The Labute approximate surface area is 227 Å². The van der Waals surface area contributed by atoms with Gasteiger partial charge in [0.1, 0.15) is 12.7 Å². The highest BCUT2D eigenvalue weighted by Crippen LogP contribution is 2.36. The van der Waals surface area contributed by atoms with Crippen molar-refractivity contribution in [3.05, 3.63) is 83.9 Å². The summed E-state index contributed by atoms with van der Waals surface area (Å²) >= 11 is -2.10.